The van der Waals surface area contributed by atoms with Crippen molar-refractivity contribution in [1.29, 1.82) is 0 Å². The molecule has 1 heterocycles. The Bertz CT molecular complexity index is 539. The zero-order valence-electron chi connectivity index (χ0n) is 10.2. The molecule has 15 heavy (non-hydrogen) atoms. The SMILES string of the molecule is Cc1cc(C)c2c(c1)c(C)cc(C)[n+]2C. The molecule has 1 aromatic carbocycles. The number of hydrogen-bond donors (Lipinski definition) is 0. The van der Waals surface area contributed by atoms with E-state index in [4.69, 9.17) is 0 Å². The molecule has 0 radical (unpaired) electrons. The molecular weight excluding hydrogens is 182 g/mol. The summed E-state index contributed by atoms with van der Waals surface area (Å²) in [7, 11) is 2.14. The van der Waals surface area contributed by atoms with Crippen molar-refractivity contribution in [3.05, 3.63) is 40.6 Å². The summed E-state index contributed by atoms with van der Waals surface area (Å²) in [5, 5.41) is 1.38. The molecule has 0 aliphatic heterocycles. The van der Waals surface area contributed by atoms with Gasteiger partial charge in [-0.05, 0) is 44.0 Å². The van der Waals surface area contributed by atoms with Gasteiger partial charge in [-0.2, -0.15) is 4.57 Å². The zero-order valence-corrected chi connectivity index (χ0v) is 10.2. The van der Waals surface area contributed by atoms with Crippen LogP contribution in [0.3, 0.4) is 0 Å². The van der Waals surface area contributed by atoms with Crippen molar-refractivity contribution in [3.8, 4) is 0 Å². The largest absolute Gasteiger partial charge is 0.215 e. The van der Waals surface area contributed by atoms with Crippen molar-refractivity contribution in [3.63, 3.8) is 0 Å². The van der Waals surface area contributed by atoms with E-state index in [9.17, 15) is 0 Å². The summed E-state index contributed by atoms with van der Waals surface area (Å²) in [5.41, 5.74) is 6.74. The lowest BCUT2D eigenvalue weighted by Gasteiger charge is -2.07. The predicted molar refractivity (Wildman–Crippen MR) is 64.1 cm³/mol. The van der Waals surface area contributed by atoms with Crippen molar-refractivity contribution in [2.24, 2.45) is 7.05 Å². The molecule has 0 aliphatic rings. The van der Waals surface area contributed by atoms with E-state index >= 15 is 0 Å². The van der Waals surface area contributed by atoms with Crippen LogP contribution in [0.2, 0.25) is 0 Å². The first-order chi connectivity index (χ1) is 7.00. The average Bonchev–Trinajstić information content (AvgIpc) is 2.13. The van der Waals surface area contributed by atoms with E-state index in [1.165, 1.54) is 33.3 Å². The predicted octanol–water partition coefficient (Wildman–Crippen LogP) is 2.90. The molecule has 1 nitrogen and oxygen atoms in total. The number of benzene rings is 1. The Balaban J connectivity index is 3.03. The van der Waals surface area contributed by atoms with Crippen LogP contribution >= 0.6 is 0 Å². The molecule has 0 aliphatic carbocycles. The van der Waals surface area contributed by atoms with Crippen LogP contribution in [0.4, 0.5) is 0 Å². The minimum atomic E-state index is 1.31. The molecule has 1 aromatic heterocycles. The van der Waals surface area contributed by atoms with Gasteiger partial charge in [0.05, 0.1) is 0 Å². The van der Waals surface area contributed by atoms with Gasteiger partial charge in [-0.1, -0.05) is 0 Å². The number of rotatable bonds is 0. The van der Waals surface area contributed by atoms with Gasteiger partial charge in [-0.3, -0.25) is 0 Å². The topological polar surface area (TPSA) is 3.88 Å². The van der Waals surface area contributed by atoms with E-state index in [0.29, 0.717) is 0 Å². The maximum absolute atomic E-state index is 2.27. The van der Waals surface area contributed by atoms with Gasteiger partial charge in [0.15, 0.2) is 5.69 Å². The lowest BCUT2D eigenvalue weighted by atomic mass is 10.0. The number of aromatic nitrogens is 1. The van der Waals surface area contributed by atoms with Crippen LogP contribution in [-0.2, 0) is 7.05 Å². The fourth-order valence-corrected chi connectivity index (χ4v) is 2.37. The Morgan fingerprint density at radius 2 is 1.53 bits per heavy atom. The second-order valence-corrected chi connectivity index (χ2v) is 4.51. The second kappa shape index (κ2) is 3.34. The molecule has 0 saturated carbocycles. The summed E-state index contributed by atoms with van der Waals surface area (Å²) in [6.45, 7) is 8.69. The maximum Gasteiger partial charge on any atom is 0.215 e. The second-order valence-electron chi connectivity index (χ2n) is 4.51. The normalized spacial score (nSPS) is 11.0. The molecule has 2 rings (SSSR count). The highest BCUT2D eigenvalue weighted by Gasteiger charge is 2.13. The Kier molecular flexibility index (Phi) is 2.26. The first kappa shape index (κ1) is 10.2. The monoisotopic (exact) mass is 200 g/mol. The molecule has 0 N–H and O–H groups in total. The van der Waals surface area contributed by atoms with E-state index in [1.54, 1.807) is 0 Å². The Labute approximate surface area is 91.4 Å². The van der Waals surface area contributed by atoms with Crippen molar-refractivity contribution < 1.29 is 4.57 Å². The fourth-order valence-electron chi connectivity index (χ4n) is 2.37. The van der Waals surface area contributed by atoms with E-state index in [2.05, 4.69) is 57.5 Å². The van der Waals surface area contributed by atoms with Gasteiger partial charge in [0.2, 0.25) is 5.52 Å². The minimum absolute atomic E-state index is 1.31. The van der Waals surface area contributed by atoms with Crippen LogP contribution in [0.15, 0.2) is 18.2 Å². The molecule has 78 valence electrons. The van der Waals surface area contributed by atoms with Crippen molar-refractivity contribution in [2.75, 3.05) is 0 Å². The van der Waals surface area contributed by atoms with Crippen molar-refractivity contribution >= 4 is 10.9 Å². The number of fused-ring (bicyclic) bond motifs is 1. The van der Waals surface area contributed by atoms with E-state index in [-0.39, 0.29) is 0 Å². The maximum atomic E-state index is 2.27. The van der Waals surface area contributed by atoms with Crippen LogP contribution in [-0.4, -0.2) is 0 Å². The van der Waals surface area contributed by atoms with E-state index in [1.807, 2.05) is 0 Å². The molecule has 0 saturated heterocycles. The summed E-state index contributed by atoms with van der Waals surface area (Å²) in [6, 6.07) is 6.78. The van der Waals surface area contributed by atoms with Crippen LogP contribution in [0.25, 0.3) is 10.9 Å². The first-order valence-corrected chi connectivity index (χ1v) is 5.38. The summed E-state index contributed by atoms with van der Waals surface area (Å²) < 4.78 is 2.27. The van der Waals surface area contributed by atoms with Gasteiger partial charge >= 0.3 is 0 Å². The highest BCUT2D eigenvalue weighted by molar-refractivity contribution is 5.82. The third kappa shape index (κ3) is 1.52. The lowest BCUT2D eigenvalue weighted by molar-refractivity contribution is -0.651. The summed E-state index contributed by atoms with van der Waals surface area (Å²) in [4.78, 5) is 0. The molecule has 0 fully saturated rings. The highest BCUT2D eigenvalue weighted by atomic mass is 14.9. The van der Waals surface area contributed by atoms with Gasteiger partial charge < -0.3 is 0 Å². The highest BCUT2D eigenvalue weighted by Crippen LogP contribution is 2.21. The number of nitrogens with zero attached hydrogens (tertiary/aromatic N) is 1. The molecule has 0 spiro atoms. The molecule has 0 bridgehead atoms. The minimum Gasteiger partial charge on any atom is -0.198 e. The summed E-state index contributed by atoms with van der Waals surface area (Å²) in [5.74, 6) is 0. The van der Waals surface area contributed by atoms with Crippen LogP contribution in [0.1, 0.15) is 22.4 Å². The van der Waals surface area contributed by atoms with Gasteiger partial charge in [-0.15, -0.1) is 0 Å². The molecule has 2 aromatic rings. The molecule has 0 amide bonds. The molecule has 0 atom stereocenters. The smallest absolute Gasteiger partial charge is 0.198 e. The lowest BCUT2D eigenvalue weighted by Crippen LogP contribution is -2.33. The van der Waals surface area contributed by atoms with E-state index < -0.39 is 0 Å². The summed E-state index contributed by atoms with van der Waals surface area (Å²) in [6.07, 6.45) is 0. The number of pyridine rings is 1. The standard InChI is InChI=1S/C14H18N/c1-9-6-11(3)14-13(7-9)10(2)8-12(4)15(14)5/h6-8H,1-5H3/q+1. The zero-order chi connectivity index (χ0) is 11.2. The van der Waals surface area contributed by atoms with Gasteiger partial charge in [0.25, 0.3) is 0 Å². The van der Waals surface area contributed by atoms with Crippen LogP contribution < -0.4 is 4.57 Å². The van der Waals surface area contributed by atoms with Crippen LogP contribution in [0, 0.1) is 27.7 Å². The first-order valence-electron chi connectivity index (χ1n) is 5.38. The molecule has 1 heteroatoms. The van der Waals surface area contributed by atoms with Gasteiger partial charge in [0, 0.05) is 23.9 Å². The Morgan fingerprint density at radius 1 is 0.867 bits per heavy atom. The number of hydrogen-bond acceptors (Lipinski definition) is 0. The third-order valence-electron chi connectivity index (χ3n) is 3.16. The summed E-state index contributed by atoms with van der Waals surface area (Å²) >= 11 is 0. The number of aryl methyl sites for hydroxylation is 5. The third-order valence-corrected chi connectivity index (χ3v) is 3.16. The Morgan fingerprint density at radius 3 is 2.20 bits per heavy atom. The quantitative estimate of drug-likeness (QED) is 0.576. The molecular formula is C14H18N+. The van der Waals surface area contributed by atoms with Gasteiger partial charge in [-0.25, -0.2) is 0 Å². The van der Waals surface area contributed by atoms with E-state index in [0.717, 1.165) is 0 Å². The van der Waals surface area contributed by atoms with Crippen LogP contribution in [0.5, 0.6) is 0 Å². The Hall–Kier alpha value is -1.37. The average molecular weight is 200 g/mol. The van der Waals surface area contributed by atoms with Gasteiger partial charge in [0.1, 0.15) is 7.05 Å². The molecule has 0 unspecified atom stereocenters. The van der Waals surface area contributed by atoms with Crippen molar-refractivity contribution in [2.45, 2.75) is 27.7 Å². The van der Waals surface area contributed by atoms with Crippen molar-refractivity contribution in [1.82, 2.24) is 0 Å². The fraction of sp³-hybridized carbons (Fsp3) is 0.357.